The number of likely N-dealkylation sites (tertiary alicyclic amines) is 1. The Hall–Kier alpha value is -0.910. The van der Waals surface area contributed by atoms with Gasteiger partial charge in [-0.05, 0) is 36.3 Å². The van der Waals surface area contributed by atoms with Gasteiger partial charge in [0.05, 0.1) is 4.88 Å². The van der Waals surface area contributed by atoms with Crippen LogP contribution in [-0.2, 0) is 0 Å². The zero-order chi connectivity index (χ0) is 12.5. The van der Waals surface area contributed by atoms with Gasteiger partial charge in [-0.1, -0.05) is 0 Å². The van der Waals surface area contributed by atoms with Crippen LogP contribution >= 0.6 is 22.7 Å². The quantitative estimate of drug-likeness (QED) is 0.919. The summed E-state index contributed by atoms with van der Waals surface area (Å²) in [5, 5.41) is 11.2. The molecule has 3 rings (SSSR count). The summed E-state index contributed by atoms with van der Waals surface area (Å²) in [6.45, 7) is 1.79. The highest BCUT2D eigenvalue weighted by molar-refractivity contribution is 7.27. The molecule has 0 radical (unpaired) electrons. The van der Waals surface area contributed by atoms with Crippen molar-refractivity contribution in [2.75, 3.05) is 19.7 Å². The summed E-state index contributed by atoms with van der Waals surface area (Å²) in [4.78, 5) is 15.1. The maximum atomic E-state index is 12.3. The van der Waals surface area contributed by atoms with E-state index in [1.54, 1.807) is 22.7 Å². The molecule has 0 aromatic carbocycles. The second-order valence-electron chi connectivity index (χ2n) is 4.68. The number of nitrogens with zero attached hydrogens (tertiary/aromatic N) is 1. The lowest BCUT2D eigenvalue weighted by molar-refractivity contribution is 0.0655. The third kappa shape index (κ3) is 2.18. The van der Waals surface area contributed by atoms with E-state index in [1.165, 1.54) is 9.40 Å². The fraction of sp³-hybridized carbons (Fsp3) is 0.462. The number of aliphatic hydroxyl groups is 1. The molecule has 0 aliphatic carbocycles. The van der Waals surface area contributed by atoms with Crippen LogP contribution in [0.3, 0.4) is 0 Å². The number of amides is 1. The van der Waals surface area contributed by atoms with Crippen LogP contribution in [0.2, 0.25) is 0 Å². The van der Waals surface area contributed by atoms with Crippen molar-refractivity contribution >= 4 is 38.0 Å². The van der Waals surface area contributed by atoms with Crippen molar-refractivity contribution in [1.29, 1.82) is 0 Å². The first kappa shape index (κ1) is 12.1. The van der Waals surface area contributed by atoms with E-state index in [4.69, 9.17) is 5.11 Å². The molecule has 1 aliphatic rings. The average molecular weight is 281 g/mol. The summed E-state index contributed by atoms with van der Waals surface area (Å²) in [6, 6.07) is 4.07. The Balaban J connectivity index is 1.73. The zero-order valence-electron chi connectivity index (χ0n) is 9.96. The van der Waals surface area contributed by atoms with Crippen LogP contribution in [0.5, 0.6) is 0 Å². The first-order valence-corrected chi connectivity index (χ1v) is 7.84. The minimum absolute atomic E-state index is 0.153. The van der Waals surface area contributed by atoms with E-state index < -0.39 is 0 Å². The first-order chi connectivity index (χ1) is 8.78. The van der Waals surface area contributed by atoms with E-state index >= 15 is 0 Å². The Morgan fingerprint density at radius 2 is 2.17 bits per heavy atom. The van der Waals surface area contributed by atoms with Gasteiger partial charge in [0.25, 0.3) is 5.91 Å². The largest absolute Gasteiger partial charge is 0.396 e. The van der Waals surface area contributed by atoms with Crippen molar-refractivity contribution < 1.29 is 9.90 Å². The Morgan fingerprint density at radius 1 is 1.39 bits per heavy atom. The predicted octanol–water partition coefficient (Wildman–Crippen LogP) is 2.81. The topological polar surface area (TPSA) is 40.5 Å². The van der Waals surface area contributed by atoms with Gasteiger partial charge in [-0.25, -0.2) is 0 Å². The van der Waals surface area contributed by atoms with Crippen LogP contribution in [-0.4, -0.2) is 35.6 Å². The van der Waals surface area contributed by atoms with E-state index in [0.29, 0.717) is 5.92 Å². The van der Waals surface area contributed by atoms with Gasteiger partial charge in [-0.15, -0.1) is 22.7 Å². The van der Waals surface area contributed by atoms with E-state index in [2.05, 4.69) is 11.4 Å². The molecule has 0 spiro atoms. The maximum absolute atomic E-state index is 12.3. The van der Waals surface area contributed by atoms with Crippen molar-refractivity contribution in [2.45, 2.75) is 12.8 Å². The van der Waals surface area contributed by atoms with Gasteiger partial charge >= 0.3 is 0 Å². The number of hydrogen-bond donors (Lipinski definition) is 1. The van der Waals surface area contributed by atoms with Gasteiger partial charge in [-0.2, -0.15) is 0 Å². The summed E-state index contributed by atoms with van der Waals surface area (Å²) in [5.41, 5.74) is 0. The second-order valence-corrected chi connectivity index (χ2v) is 6.71. The number of piperidine rings is 1. The predicted molar refractivity (Wildman–Crippen MR) is 75.4 cm³/mol. The highest BCUT2D eigenvalue weighted by Gasteiger charge is 2.24. The Labute approximate surface area is 114 Å². The van der Waals surface area contributed by atoms with E-state index in [9.17, 15) is 4.79 Å². The standard InChI is InChI=1S/C13H15NO2S2/c15-8-9-1-4-14(5-2-9)13(16)12-7-11-10(18-12)3-6-17-11/h3,6-7,9,15H,1-2,4-5,8H2. The lowest BCUT2D eigenvalue weighted by Gasteiger charge is -2.30. The molecular weight excluding hydrogens is 266 g/mol. The number of aliphatic hydroxyl groups excluding tert-OH is 1. The smallest absolute Gasteiger partial charge is 0.263 e. The van der Waals surface area contributed by atoms with Crippen LogP contribution < -0.4 is 0 Å². The number of rotatable bonds is 2. The van der Waals surface area contributed by atoms with Crippen molar-refractivity contribution in [2.24, 2.45) is 5.92 Å². The van der Waals surface area contributed by atoms with Crippen LogP contribution in [0.4, 0.5) is 0 Å². The molecule has 18 heavy (non-hydrogen) atoms. The number of carbonyl (C=O) groups excluding carboxylic acids is 1. The molecule has 0 atom stereocenters. The Morgan fingerprint density at radius 3 is 2.83 bits per heavy atom. The summed E-state index contributed by atoms with van der Waals surface area (Å²) < 4.78 is 2.40. The average Bonchev–Trinajstić information content (AvgIpc) is 2.99. The fourth-order valence-electron chi connectivity index (χ4n) is 2.35. The molecule has 0 unspecified atom stereocenters. The third-order valence-corrected chi connectivity index (χ3v) is 5.59. The van der Waals surface area contributed by atoms with Crippen molar-refractivity contribution in [3.05, 3.63) is 22.4 Å². The molecule has 5 heteroatoms. The lowest BCUT2D eigenvalue weighted by Crippen LogP contribution is -2.38. The summed E-state index contributed by atoms with van der Waals surface area (Å²) in [5.74, 6) is 0.528. The number of thiophene rings is 2. The van der Waals surface area contributed by atoms with Gasteiger partial charge in [0, 0.05) is 29.1 Å². The Kier molecular flexibility index (Phi) is 3.37. The molecule has 3 nitrogen and oxygen atoms in total. The van der Waals surface area contributed by atoms with E-state index in [1.807, 2.05) is 11.0 Å². The zero-order valence-corrected chi connectivity index (χ0v) is 11.6. The highest BCUT2D eigenvalue weighted by Crippen LogP contribution is 2.31. The van der Waals surface area contributed by atoms with Gasteiger partial charge in [0.15, 0.2) is 0 Å². The molecule has 3 heterocycles. The van der Waals surface area contributed by atoms with Gasteiger partial charge < -0.3 is 10.0 Å². The van der Waals surface area contributed by atoms with Crippen molar-refractivity contribution in [3.8, 4) is 0 Å². The van der Waals surface area contributed by atoms with Gasteiger partial charge in [0.1, 0.15) is 0 Å². The number of hydrogen-bond acceptors (Lipinski definition) is 4. The van der Waals surface area contributed by atoms with Crippen molar-refractivity contribution in [3.63, 3.8) is 0 Å². The molecule has 1 fully saturated rings. The van der Waals surface area contributed by atoms with Crippen LogP contribution in [0.15, 0.2) is 17.5 Å². The minimum atomic E-state index is 0.153. The highest BCUT2D eigenvalue weighted by atomic mass is 32.1. The monoisotopic (exact) mass is 281 g/mol. The second kappa shape index (κ2) is 4.99. The molecule has 1 N–H and O–H groups in total. The van der Waals surface area contributed by atoms with Crippen LogP contribution in [0, 0.1) is 5.92 Å². The minimum Gasteiger partial charge on any atom is -0.396 e. The van der Waals surface area contributed by atoms with E-state index in [0.717, 1.165) is 30.8 Å². The molecule has 1 amide bonds. The van der Waals surface area contributed by atoms with Crippen LogP contribution in [0.1, 0.15) is 22.5 Å². The lowest BCUT2D eigenvalue weighted by atomic mass is 9.98. The fourth-order valence-corrected chi connectivity index (χ4v) is 4.42. The summed E-state index contributed by atoms with van der Waals surface area (Å²) in [7, 11) is 0. The molecule has 1 saturated heterocycles. The normalized spacial score (nSPS) is 17.5. The van der Waals surface area contributed by atoms with Gasteiger partial charge in [0.2, 0.25) is 0 Å². The molecular formula is C13H15NO2S2. The maximum Gasteiger partial charge on any atom is 0.263 e. The van der Waals surface area contributed by atoms with E-state index in [-0.39, 0.29) is 12.5 Å². The molecule has 2 aromatic rings. The summed E-state index contributed by atoms with van der Waals surface area (Å²) >= 11 is 3.26. The molecule has 96 valence electrons. The number of carbonyl (C=O) groups is 1. The van der Waals surface area contributed by atoms with Gasteiger partial charge in [-0.3, -0.25) is 4.79 Å². The van der Waals surface area contributed by atoms with Crippen molar-refractivity contribution in [1.82, 2.24) is 4.90 Å². The molecule has 0 bridgehead atoms. The Bertz CT molecular complexity index is 524. The van der Waals surface area contributed by atoms with Crippen LogP contribution in [0.25, 0.3) is 9.40 Å². The third-order valence-electron chi connectivity index (χ3n) is 3.51. The first-order valence-electron chi connectivity index (χ1n) is 6.15. The molecule has 0 saturated carbocycles. The molecule has 1 aliphatic heterocycles. The molecule has 2 aromatic heterocycles. The summed E-state index contributed by atoms with van der Waals surface area (Å²) in [6.07, 6.45) is 1.84. The SMILES string of the molecule is O=C(c1cc2sccc2s1)N1CCC(CO)CC1. The number of fused-ring (bicyclic) bond motifs is 1.